The molecular formula is C24H27ClF4. The van der Waals surface area contributed by atoms with Gasteiger partial charge in [-0.1, -0.05) is 56.9 Å². The van der Waals surface area contributed by atoms with Crippen LogP contribution >= 0.6 is 11.6 Å². The quantitative estimate of drug-likeness (QED) is 0.238. The Hall–Kier alpha value is -1.55. The molecular weight excluding hydrogens is 400 g/mol. The van der Waals surface area contributed by atoms with Gasteiger partial charge in [-0.15, -0.1) is 11.6 Å². The van der Waals surface area contributed by atoms with E-state index in [1.54, 1.807) is 24.3 Å². The minimum Gasteiger partial charge on any atom is -0.247 e. The lowest BCUT2D eigenvalue weighted by molar-refractivity contribution is 0.0820. The van der Waals surface area contributed by atoms with E-state index in [2.05, 4.69) is 6.92 Å². The summed E-state index contributed by atoms with van der Waals surface area (Å²) in [4.78, 5) is 0. The fourth-order valence-electron chi connectivity index (χ4n) is 4.41. The molecule has 5 heteroatoms. The van der Waals surface area contributed by atoms with Gasteiger partial charge in [0.05, 0.1) is 5.56 Å². The fraction of sp³-hybridized carbons (Fsp3) is 0.500. The maximum absolute atomic E-state index is 14.8. The summed E-state index contributed by atoms with van der Waals surface area (Å²) in [7, 11) is 0. The molecule has 0 spiro atoms. The zero-order valence-electron chi connectivity index (χ0n) is 16.6. The Labute approximate surface area is 175 Å². The standard InChI is InChI=1S/C24H27ClF4/c1-2-3-4-5-16-10-19(26)24(20(27)11-16)18-12-21(28)23(22(29)13-18)17-8-6-15(14-25)7-9-17/h6-9,12-13,16,19-20,24H,2-5,10-11,14H2,1H3. The van der Waals surface area contributed by atoms with Gasteiger partial charge in [0.1, 0.15) is 24.0 Å². The predicted octanol–water partition coefficient (Wildman–Crippen LogP) is 8.12. The molecule has 1 fully saturated rings. The van der Waals surface area contributed by atoms with E-state index in [1.165, 1.54) is 0 Å². The Bertz CT molecular complexity index is 770. The highest BCUT2D eigenvalue weighted by molar-refractivity contribution is 6.17. The molecule has 0 amide bonds. The van der Waals surface area contributed by atoms with E-state index in [9.17, 15) is 17.6 Å². The zero-order chi connectivity index (χ0) is 21.0. The summed E-state index contributed by atoms with van der Waals surface area (Å²) in [6, 6.07) is 8.77. The van der Waals surface area contributed by atoms with Crippen molar-refractivity contribution in [2.24, 2.45) is 5.92 Å². The summed E-state index contributed by atoms with van der Waals surface area (Å²) in [6.45, 7) is 2.09. The molecule has 0 aromatic heterocycles. The third kappa shape index (κ3) is 5.14. The number of rotatable bonds is 7. The smallest absolute Gasteiger partial charge is 0.134 e. The molecule has 2 aromatic carbocycles. The second-order valence-electron chi connectivity index (χ2n) is 8.08. The van der Waals surface area contributed by atoms with E-state index in [1.807, 2.05) is 0 Å². The van der Waals surface area contributed by atoms with Gasteiger partial charge in [-0.3, -0.25) is 0 Å². The van der Waals surface area contributed by atoms with Gasteiger partial charge >= 0.3 is 0 Å². The third-order valence-electron chi connectivity index (χ3n) is 5.96. The molecule has 2 aromatic rings. The van der Waals surface area contributed by atoms with Gasteiger partial charge in [0, 0.05) is 11.8 Å². The second kappa shape index (κ2) is 9.97. The summed E-state index contributed by atoms with van der Waals surface area (Å²) in [5.41, 5.74) is 1.08. The Balaban J connectivity index is 1.80. The average molecular weight is 427 g/mol. The first-order valence-electron chi connectivity index (χ1n) is 10.4. The van der Waals surface area contributed by atoms with Gasteiger partial charge in [0.15, 0.2) is 0 Å². The van der Waals surface area contributed by atoms with Crippen molar-refractivity contribution in [1.29, 1.82) is 0 Å². The van der Waals surface area contributed by atoms with E-state index in [0.29, 0.717) is 11.4 Å². The van der Waals surface area contributed by atoms with Crippen LogP contribution in [0, 0.1) is 17.6 Å². The van der Waals surface area contributed by atoms with Crippen molar-refractivity contribution in [1.82, 2.24) is 0 Å². The van der Waals surface area contributed by atoms with Crippen molar-refractivity contribution in [3.63, 3.8) is 0 Å². The van der Waals surface area contributed by atoms with Crippen LogP contribution in [0.1, 0.15) is 62.5 Å². The first-order chi connectivity index (χ1) is 13.9. The van der Waals surface area contributed by atoms with Crippen LogP contribution in [0.5, 0.6) is 0 Å². The number of halogens is 5. The van der Waals surface area contributed by atoms with Crippen molar-refractivity contribution in [2.75, 3.05) is 0 Å². The lowest BCUT2D eigenvalue weighted by Crippen LogP contribution is -2.34. The van der Waals surface area contributed by atoms with Crippen LogP contribution in [0.2, 0.25) is 0 Å². The van der Waals surface area contributed by atoms with Gasteiger partial charge in [-0.2, -0.15) is 0 Å². The minimum atomic E-state index is -1.43. The topological polar surface area (TPSA) is 0 Å². The summed E-state index contributed by atoms with van der Waals surface area (Å²) >= 11 is 5.75. The maximum Gasteiger partial charge on any atom is 0.134 e. The van der Waals surface area contributed by atoms with Crippen molar-refractivity contribution in [2.45, 2.75) is 69.6 Å². The first-order valence-corrected chi connectivity index (χ1v) is 10.9. The van der Waals surface area contributed by atoms with Gasteiger partial charge in [-0.05, 0) is 47.6 Å². The van der Waals surface area contributed by atoms with Crippen molar-refractivity contribution < 1.29 is 17.6 Å². The molecule has 0 N–H and O–H groups in total. The van der Waals surface area contributed by atoms with Gasteiger partial charge in [-0.25, -0.2) is 17.6 Å². The van der Waals surface area contributed by atoms with Gasteiger partial charge in [0.25, 0.3) is 0 Å². The molecule has 2 unspecified atom stereocenters. The zero-order valence-corrected chi connectivity index (χ0v) is 17.4. The molecule has 0 bridgehead atoms. The Morgan fingerprint density at radius 1 is 0.931 bits per heavy atom. The Morgan fingerprint density at radius 3 is 2.03 bits per heavy atom. The molecule has 1 aliphatic carbocycles. The predicted molar refractivity (Wildman–Crippen MR) is 111 cm³/mol. The molecule has 2 atom stereocenters. The Morgan fingerprint density at radius 2 is 1.52 bits per heavy atom. The molecule has 29 heavy (non-hydrogen) atoms. The summed E-state index contributed by atoms with van der Waals surface area (Å²) in [5.74, 6) is -2.42. The number of unbranched alkanes of at least 4 members (excludes halogenated alkanes) is 2. The second-order valence-corrected chi connectivity index (χ2v) is 8.35. The average Bonchev–Trinajstić information content (AvgIpc) is 2.68. The molecule has 0 heterocycles. The van der Waals surface area contributed by atoms with Crippen LogP contribution in [-0.2, 0) is 5.88 Å². The highest BCUT2D eigenvalue weighted by Crippen LogP contribution is 2.43. The molecule has 0 radical (unpaired) electrons. The van der Waals surface area contributed by atoms with Gasteiger partial charge < -0.3 is 0 Å². The molecule has 3 rings (SSSR count). The van der Waals surface area contributed by atoms with Crippen molar-refractivity contribution in [3.8, 4) is 11.1 Å². The van der Waals surface area contributed by atoms with Crippen molar-refractivity contribution >= 4 is 11.6 Å². The monoisotopic (exact) mass is 426 g/mol. The van der Waals surface area contributed by atoms with E-state index < -0.39 is 29.9 Å². The summed E-state index contributed by atoms with van der Waals surface area (Å²) < 4.78 is 59.2. The third-order valence-corrected chi connectivity index (χ3v) is 6.27. The molecule has 1 saturated carbocycles. The number of alkyl halides is 3. The van der Waals surface area contributed by atoms with E-state index in [0.717, 1.165) is 43.4 Å². The largest absolute Gasteiger partial charge is 0.247 e. The van der Waals surface area contributed by atoms with E-state index in [-0.39, 0.29) is 29.9 Å². The lowest BCUT2D eigenvalue weighted by atomic mass is 9.74. The molecule has 0 nitrogen and oxygen atoms in total. The van der Waals surface area contributed by atoms with Crippen LogP contribution < -0.4 is 0 Å². The number of benzene rings is 2. The van der Waals surface area contributed by atoms with Crippen molar-refractivity contribution in [3.05, 3.63) is 59.2 Å². The summed E-state index contributed by atoms with van der Waals surface area (Å²) in [5, 5.41) is 0. The normalized spacial score (nSPS) is 24.6. The minimum absolute atomic E-state index is 0.00258. The summed E-state index contributed by atoms with van der Waals surface area (Å²) in [6.07, 6.45) is 1.52. The lowest BCUT2D eigenvalue weighted by Gasteiger charge is -2.35. The number of hydrogen-bond donors (Lipinski definition) is 0. The Kier molecular flexibility index (Phi) is 7.61. The van der Waals surface area contributed by atoms with E-state index in [4.69, 9.17) is 11.6 Å². The fourth-order valence-corrected chi connectivity index (χ4v) is 4.59. The van der Waals surface area contributed by atoms with Crippen LogP contribution in [0.15, 0.2) is 36.4 Å². The van der Waals surface area contributed by atoms with Crippen LogP contribution in [-0.4, -0.2) is 12.3 Å². The molecule has 1 aliphatic rings. The van der Waals surface area contributed by atoms with E-state index >= 15 is 0 Å². The van der Waals surface area contributed by atoms with Crippen LogP contribution in [0.25, 0.3) is 11.1 Å². The molecule has 0 aliphatic heterocycles. The van der Waals surface area contributed by atoms with Crippen LogP contribution in [0.3, 0.4) is 0 Å². The van der Waals surface area contributed by atoms with Crippen LogP contribution in [0.4, 0.5) is 17.6 Å². The highest BCUT2D eigenvalue weighted by Gasteiger charge is 2.39. The number of hydrogen-bond acceptors (Lipinski definition) is 0. The SMILES string of the molecule is CCCCCC1CC(F)C(c2cc(F)c(-c3ccc(CCl)cc3)c(F)c2)C(F)C1. The first kappa shape index (κ1) is 22.1. The maximum atomic E-state index is 14.8. The molecule has 0 saturated heterocycles. The highest BCUT2D eigenvalue weighted by atomic mass is 35.5. The van der Waals surface area contributed by atoms with Gasteiger partial charge in [0.2, 0.25) is 0 Å². The molecule has 158 valence electrons.